The molecule has 1 N–H and O–H groups in total. The molecular formula is C34H38ClNO3. The van der Waals surface area contributed by atoms with Gasteiger partial charge < -0.3 is 9.84 Å². The molecule has 1 heterocycles. The van der Waals surface area contributed by atoms with E-state index in [9.17, 15) is 9.90 Å². The maximum atomic E-state index is 13.1. The summed E-state index contributed by atoms with van der Waals surface area (Å²) in [5, 5.41) is 12.4. The lowest BCUT2D eigenvalue weighted by molar-refractivity contribution is -0.169. The van der Waals surface area contributed by atoms with E-state index in [1.54, 1.807) is 0 Å². The highest BCUT2D eigenvalue weighted by Gasteiger charge is 2.63. The molecule has 4 aliphatic rings. The molecule has 3 atom stereocenters. The molecule has 7 rings (SSSR count). The summed E-state index contributed by atoms with van der Waals surface area (Å²) in [6, 6.07) is 24.2. The lowest BCUT2D eigenvalue weighted by Gasteiger charge is -2.64. The quantitative estimate of drug-likeness (QED) is 0.279. The van der Waals surface area contributed by atoms with Gasteiger partial charge in [-0.15, -0.1) is 12.4 Å². The van der Waals surface area contributed by atoms with Crippen molar-refractivity contribution >= 4 is 18.4 Å². The van der Waals surface area contributed by atoms with Crippen LogP contribution in [-0.4, -0.2) is 40.7 Å². The SMILES string of the molecule is Cl.O=C(Oc1ccc2c(c1)[C@@]13CCCC[C@@]1(O)[C@@H](C2)N(CC1CCC1)CC3)c1ccc(-c2ccccc2)cc1. The van der Waals surface area contributed by atoms with Crippen LogP contribution in [0, 0.1) is 5.92 Å². The molecule has 2 saturated carbocycles. The summed E-state index contributed by atoms with van der Waals surface area (Å²) < 4.78 is 5.92. The molecule has 3 fully saturated rings. The number of aliphatic hydroxyl groups is 1. The van der Waals surface area contributed by atoms with Crippen molar-refractivity contribution in [2.75, 3.05) is 13.1 Å². The van der Waals surface area contributed by atoms with E-state index in [0.717, 1.165) is 68.7 Å². The first-order chi connectivity index (χ1) is 18.6. The molecular weight excluding hydrogens is 506 g/mol. The average molecular weight is 544 g/mol. The number of rotatable bonds is 5. The minimum atomic E-state index is -0.698. The summed E-state index contributed by atoms with van der Waals surface area (Å²) in [7, 11) is 0. The summed E-state index contributed by atoms with van der Waals surface area (Å²) >= 11 is 0. The second-order valence-electron chi connectivity index (χ2n) is 12.1. The van der Waals surface area contributed by atoms with E-state index in [1.165, 1.54) is 30.4 Å². The molecule has 0 radical (unpaired) electrons. The predicted molar refractivity (Wildman–Crippen MR) is 157 cm³/mol. The second kappa shape index (κ2) is 10.4. The fourth-order valence-corrected chi connectivity index (χ4v) is 7.97. The number of piperidine rings is 1. The first-order valence-electron chi connectivity index (χ1n) is 14.5. The van der Waals surface area contributed by atoms with Crippen LogP contribution in [0.2, 0.25) is 0 Å². The van der Waals surface area contributed by atoms with Gasteiger partial charge in [0.1, 0.15) is 5.75 Å². The van der Waals surface area contributed by atoms with Gasteiger partial charge in [-0.25, -0.2) is 4.79 Å². The van der Waals surface area contributed by atoms with Crippen LogP contribution in [0.4, 0.5) is 0 Å². The van der Waals surface area contributed by atoms with Crippen molar-refractivity contribution in [1.29, 1.82) is 0 Å². The number of esters is 1. The van der Waals surface area contributed by atoms with Crippen LogP contribution in [0.5, 0.6) is 5.75 Å². The van der Waals surface area contributed by atoms with Gasteiger partial charge in [0, 0.05) is 18.0 Å². The van der Waals surface area contributed by atoms with Gasteiger partial charge in [0.15, 0.2) is 0 Å². The van der Waals surface area contributed by atoms with Gasteiger partial charge in [-0.1, -0.05) is 67.8 Å². The zero-order valence-corrected chi connectivity index (χ0v) is 23.3. The molecule has 0 aromatic heterocycles. The Bertz CT molecular complexity index is 1340. The summed E-state index contributed by atoms with van der Waals surface area (Å²) in [4.78, 5) is 15.7. The molecule has 5 heteroatoms. The molecule has 3 aliphatic carbocycles. The fourth-order valence-electron chi connectivity index (χ4n) is 7.97. The number of nitrogens with zero attached hydrogens (tertiary/aromatic N) is 1. The molecule has 204 valence electrons. The minimum absolute atomic E-state index is 0. The molecule has 2 bridgehead atoms. The molecule has 4 nitrogen and oxygen atoms in total. The normalized spacial score (nSPS) is 27.9. The molecule has 3 aromatic rings. The Balaban J connectivity index is 0.00000277. The van der Waals surface area contributed by atoms with Crippen LogP contribution in [-0.2, 0) is 11.8 Å². The van der Waals surface area contributed by atoms with E-state index < -0.39 is 5.60 Å². The van der Waals surface area contributed by atoms with Gasteiger partial charge in [0.25, 0.3) is 0 Å². The molecule has 3 aromatic carbocycles. The van der Waals surface area contributed by atoms with Crippen LogP contribution in [0.1, 0.15) is 72.9 Å². The largest absolute Gasteiger partial charge is 0.423 e. The average Bonchev–Trinajstić information content (AvgIpc) is 2.92. The van der Waals surface area contributed by atoms with Crippen molar-refractivity contribution in [3.63, 3.8) is 0 Å². The summed E-state index contributed by atoms with van der Waals surface area (Å²) in [5.74, 6) is 1.04. The maximum absolute atomic E-state index is 13.1. The van der Waals surface area contributed by atoms with Crippen molar-refractivity contribution in [2.24, 2.45) is 5.92 Å². The van der Waals surface area contributed by atoms with Crippen LogP contribution in [0.3, 0.4) is 0 Å². The zero-order valence-electron chi connectivity index (χ0n) is 22.5. The molecule has 0 amide bonds. The molecule has 39 heavy (non-hydrogen) atoms. The van der Waals surface area contributed by atoms with E-state index in [-0.39, 0.29) is 29.8 Å². The Hall–Kier alpha value is -2.66. The number of halogens is 1. The van der Waals surface area contributed by atoms with Crippen LogP contribution in [0.25, 0.3) is 11.1 Å². The summed E-state index contributed by atoms with van der Waals surface area (Å²) in [5.41, 5.74) is 4.35. The third-order valence-electron chi connectivity index (χ3n) is 10.2. The molecule has 0 spiro atoms. The minimum Gasteiger partial charge on any atom is -0.423 e. The van der Waals surface area contributed by atoms with Gasteiger partial charge in [0.05, 0.1) is 11.2 Å². The van der Waals surface area contributed by atoms with E-state index in [0.29, 0.717) is 11.3 Å². The van der Waals surface area contributed by atoms with Crippen molar-refractivity contribution in [1.82, 2.24) is 4.90 Å². The third kappa shape index (κ3) is 4.41. The van der Waals surface area contributed by atoms with E-state index in [4.69, 9.17) is 4.74 Å². The molecule has 0 unspecified atom stereocenters. The standard InChI is InChI=1S/C34H37NO3.ClH/c36-32(27-13-11-26(12-14-27)25-9-2-1-3-10-25)38-29-16-15-28-21-31-34(37)18-5-4-17-33(34,30(28)22-29)19-20-35(31)23-24-7-6-8-24;/h1-3,9-16,22,24,31,37H,4-8,17-21,23H2;1H/t31-,33+,34-;/m1./s1. The fraction of sp³-hybridized carbons (Fsp3) is 0.441. The highest BCUT2D eigenvalue weighted by atomic mass is 35.5. The topological polar surface area (TPSA) is 49.8 Å². The predicted octanol–water partition coefficient (Wildman–Crippen LogP) is 6.97. The number of likely N-dealkylation sites (tertiary alicyclic amines) is 1. The molecule has 1 saturated heterocycles. The second-order valence-corrected chi connectivity index (χ2v) is 12.1. The number of hydrogen-bond acceptors (Lipinski definition) is 4. The van der Waals surface area contributed by atoms with Gasteiger partial charge in [-0.2, -0.15) is 0 Å². The van der Waals surface area contributed by atoms with Crippen LogP contribution in [0.15, 0.2) is 72.8 Å². The Kier molecular flexibility index (Phi) is 7.07. The molecule has 1 aliphatic heterocycles. The van der Waals surface area contributed by atoms with E-state index in [1.807, 2.05) is 48.5 Å². The first kappa shape index (κ1) is 26.6. The van der Waals surface area contributed by atoms with E-state index in [2.05, 4.69) is 29.2 Å². The van der Waals surface area contributed by atoms with Crippen LogP contribution < -0.4 is 4.74 Å². The zero-order chi connectivity index (χ0) is 25.7. The van der Waals surface area contributed by atoms with E-state index >= 15 is 0 Å². The van der Waals surface area contributed by atoms with Crippen molar-refractivity contribution in [3.05, 3.63) is 89.5 Å². The van der Waals surface area contributed by atoms with Gasteiger partial charge in [-0.05, 0) is 97.5 Å². The number of ether oxygens (including phenoxy) is 1. The maximum Gasteiger partial charge on any atom is 0.343 e. The number of benzene rings is 3. The monoisotopic (exact) mass is 543 g/mol. The summed E-state index contributed by atoms with van der Waals surface area (Å²) in [6.45, 7) is 2.19. The number of fused-ring (bicyclic) bond motifs is 1. The Morgan fingerprint density at radius 3 is 2.38 bits per heavy atom. The Labute approximate surface area is 237 Å². The van der Waals surface area contributed by atoms with Gasteiger partial charge in [-0.3, -0.25) is 4.90 Å². The lowest BCUT2D eigenvalue weighted by Crippen LogP contribution is -2.72. The number of hydrogen-bond donors (Lipinski definition) is 1. The van der Waals surface area contributed by atoms with Crippen molar-refractivity contribution < 1.29 is 14.6 Å². The van der Waals surface area contributed by atoms with Gasteiger partial charge in [0.2, 0.25) is 0 Å². The van der Waals surface area contributed by atoms with Gasteiger partial charge >= 0.3 is 5.97 Å². The van der Waals surface area contributed by atoms with Crippen LogP contribution >= 0.6 is 12.4 Å². The third-order valence-corrected chi connectivity index (χ3v) is 10.2. The lowest BCUT2D eigenvalue weighted by atomic mass is 9.49. The van der Waals surface area contributed by atoms with Crippen molar-refractivity contribution in [3.8, 4) is 16.9 Å². The first-order valence-corrected chi connectivity index (χ1v) is 14.5. The summed E-state index contributed by atoms with van der Waals surface area (Å²) in [6.07, 6.45) is 10.0. The highest BCUT2D eigenvalue weighted by molar-refractivity contribution is 5.91. The van der Waals surface area contributed by atoms with Crippen molar-refractivity contribution in [2.45, 2.75) is 74.8 Å². The Morgan fingerprint density at radius 1 is 0.897 bits per heavy atom. The number of carbonyl (C=O) groups is 1. The Morgan fingerprint density at radius 2 is 1.64 bits per heavy atom. The smallest absolute Gasteiger partial charge is 0.343 e. The number of carbonyl (C=O) groups excluding carboxylic acids is 1. The highest BCUT2D eigenvalue weighted by Crippen LogP contribution is 2.58.